The zero-order valence-corrected chi connectivity index (χ0v) is 11.0. The Morgan fingerprint density at radius 2 is 2.22 bits per heavy atom. The molecule has 1 aliphatic heterocycles. The molecular formula is C13H20N4O. The molecule has 18 heavy (non-hydrogen) atoms. The quantitative estimate of drug-likeness (QED) is 0.833. The summed E-state index contributed by atoms with van der Waals surface area (Å²) >= 11 is 0. The third-order valence-corrected chi connectivity index (χ3v) is 3.19. The number of carbonyl (C=O) groups excluding carboxylic acids is 1. The largest absolute Gasteiger partial charge is 0.350 e. The first kappa shape index (κ1) is 12.8. The van der Waals surface area contributed by atoms with Crippen LogP contribution in [0.2, 0.25) is 0 Å². The molecule has 0 aromatic carbocycles. The average Bonchev–Trinajstić information content (AvgIpc) is 2.40. The second-order valence-corrected chi connectivity index (χ2v) is 4.63. The van der Waals surface area contributed by atoms with Gasteiger partial charge in [0, 0.05) is 39.4 Å². The van der Waals surface area contributed by atoms with Crippen molar-refractivity contribution in [2.45, 2.75) is 6.92 Å². The maximum atomic E-state index is 12.1. The van der Waals surface area contributed by atoms with Gasteiger partial charge >= 0.3 is 0 Å². The van der Waals surface area contributed by atoms with E-state index in [9.17, 15) is 4.79 Å². The number of aromatic nitrogens is 1. The lowest BCUT2D eigenvalue weighted by molar-refractivity contribution is -0.130. The smallest absolute Gasteiger partial charge is 0.242 e. The summed E-state index contributed by atoms with van der Waals surface area (Å²) in [6.07, 6.45) is 1.76. The first-order valence-electron chi connectivity index (χ1n) is 6.30. The molecule has 2 rings (SSSR count). The molecule has 1 aromatic rings. The molecule has 0 aliphatic carbocycles. The molecular weight excluding hydrogens is 228 g/mol. The van der Waals surface area contributed by atoms with E-state index in [1.807, 2.05) is 35.9 Å². The van der Waals surface area contributed by atoms with Crippen molar-refractivity contribution < 1.29 is 4.79 Å². The molecule has 5 heteroatoms. The van der Waals surface area contributed by atoms with Crippen LogP contribution in [0.3, 0.4) is 0 Å². The van der Waals surface area contributed by atoms with Gasteiger partial charge in [-0.05, 0) is 18.6 Å². The molecule has 0 radical (unpaired) electrons. The molecule has 1 N–H and O–H groups in total. The van der Waals surface area contributed by atoms with Crippen molar-refractivity contribution in [2.24, 2.45) is 0 Å². The molecule has 5 nitrogen and oxygen atoms in total. The fourth-order valence-corrected chi connectivity index (χ4v) is 2.17. The van der Waals surface area contributed by atoms with Gasteiger partial charge in [-0.15, -0.1) is 0 Å². The van der Waals surface area contributed by atoms with Gasteiger partial charge in [0.25, 0.3) is 0 Å². The van der Waals surface area contributed by atoms with Crippen LogP contribution >= 0.6 is 0 Å². The number of aryl methyl sites for hydroxylation is 1. The minimum Gasteiger partial charge on any atom is -0.350 e. The topological polar surface area (TPSA) is 48.5 Å². The van der Waals surface area contributed by atoms with E-state index in [1.165, 1.54) is 0 Å². The number of carbonyl (C=O) groups is 1. The van der Waals surface area contributed by atoms with E-state index in [0.717, 1.165) is 37.6 Å². The van der Waals surface area contributed by atoms with Crippen LogP contribution in [0.25, 0.3) is 0 Å². The number of nitrogens with zero attached hydrogens (tertiary/aromatic N) is 3. The van der Waals surface area contributed by atoms with Crippen molar-refractivity contribution in [2.75, 3.05) is 44.7 Å². The fourth-order valence-electron chi connectivity index (χ4n) is 2.17. The molecule has 0 bridgehead atoms. The lowest BCUT2D eigenvalue weighted by Gasteiger charge is -2.29. The fraction of sp³-hybridized carbons (Fsp3) is 0.538. The molecule has 1 amide bonds. The van der Waals surface area contributed by atoms with Gasteiger partial charge in [-0.25, -0.2) is 4.98 Å². The van der Waals surface area contributed by atoms with Crippen LogP contribution in [-0.4, -0.2) is 55.6 Å². The summed E-state index contributed by atoms with van der Waals surface area (Å²) in [7, 11) is 1.91. The van der Waals surface area contributed by atoms with Gasteiger partial charge in [-0.3, -0.25) is 4.79 Å². The first-order valence-corrected chi connectivity index (χ1v) is 6.30. The second kappa shape index (κ2) is 5.82. The highest BCUT2D eigenvalue weighted by molar-refractivity contribution is 5.81. The van der Waals surface area contributed by atoms with E-state index >= 15 is 0 Å². The Bertz CT molecular complexity index is 415. The third kappa shape index (κ3) is 2.98. The highest BCUT2D eigenvalue weighted by Crippen LogP contribution is 2.14. The Balaban J connectivity index is 1.96. The molecule has 98 valence electrons. The number of pyridine rings is 1. The average molecular weight is 248 g/mol. The van der Waals surface area contributed by atoms with E-state index in [-0.39, 0.29) is 5.91 Å². The Morgan fingerprint density at radius 3 is 2.89 bits per heavy atom. The van der Waals surface area contributed by atoms with E-state index in [1.54, 1.807) is 6.20 Å². The van der Waals surface area contributed by atoms with Crippen LogP contribution < -0.4 is 10.2 Å². The SMILES string of the molecule is Cc1cccnc1N(C)CC(=O)N1CCNCC1. The van der Waals surface area contributed by atoms with Crippen molar-refractivity contribution in [1.82, 2.24) is 15.2 Å². The Morgan fingerprint density at radius 1 is 1.50 bits per heavy atom. The summed E-state index contributed by atoms with van der Waals surface area (Å²) in [6.45, 7) is 5.77. The number of piperazine rings is 1. The van der Waals surface area contributed by atoms with Gasteiger partial charge in [0.15, 0.2) is 0 Å². The molecule has 0 saturated carbocycles. The van der Waals surface area contributed by atoms with E-state index < -0.39 is 0 Å². The normalized spacial score (nSPS) is 15.6. The monoisotopic (exact) mass is 248 g/mol. The number of rotatable bonds is 3. The zero-order chi connectivity index (χ0) is 13.0. The summed E-state index contributed by atoms with van der Waals surface area (Å²) in [5.41, 5.74) is 1.09. The number of amides is 1. The molecule has 0 spiro atoms. The van der Waals surface area contributed by atoms with E-state index in [2.05, 4.69) is 10.3 Å². The Labute approximate surface area is 108 Å². The summed E-state index contributed by atoms with van der Waals surface area (Å²) in [5, 5.41) is 3.24. The molecule has 0 atom stereocenters. The van der Waals surface area contributed by atoms with Gasteiger partial charge < -0.3 is 15.1 Å². The lowest BCUT2D eigenvalue weighted by Crippen LogP contribution is -2.49. The number of nitrogens with one attached hydrogen (secondary N) is 1. The summed E-state index contributed by atoms with van der Waals surface area (Å²) < 4.78 is 0. The summed E-state index contributed by atoms with van der Waals surface area (Å²) in [6, 6.07) is 3.92. The standard InChI is InChI=1S/C13H20N4O/c1-11-4-3-5-15-13(11)16(2)10-12(18)17-8-6-14-7-9-17/h3-5,14H,6-10H2,1-2H3. The van der Waals surface area contributed by atoms with Crippen molar-refractivity contribution in [1.29, 1.82) is 0 Å². The van der Waals surface area contributed by atoms with Gasteiger partial charge in [-0.1, -0.05) is 6.07 Å². The van der Waals surface area contributed by atoms with Crippen LogP contribution in [-0.2, 0) is 4.79 Å². The predicted molar refractivity (Wildman–Crippen MR) is 71.7 cm³/mol. The third-order valence-electron chi connectivity index (χ3n) is 3.19. The van der Waals surface area contributed by atoms with Crippen molar-refractivity contribution in [3.63, 3.8) is 0 Å². The van der Waals surface area contributed by atoms with Crippen molar-refractivity contribution in [3.8, 4) is 0 Å². The molecule has 2 heterocycles. The molecule has 1 aliphatic rings. The highest BCUT2D eigenvalue weighted by atomic mass is 16.2. The molecule has 1 fully saturated rings. The van der Waals surface area contributed by atoms with E-state index in [0.29, 0.717) is 6.54 Å². The summed E-state index contributed by atoms with van der Waals surface area (Å²) in [5.74, 6) is 1.05. The van der Waals surface area contributed by atoms with Gasteiger partial charge in [0.2, 0.25) is 5.91 Å². The number of hydrogen-bond donors (Lipinski definition) is 1. The lowest BCUT2D eigenvalue weighted by atomic mass is 10.2. The minimum absolute atomic E-state index is 0.170. The molecule has 1 aromatic heterocycles. The predicted octanol–water partition coefficient (Wildman–Crippen LogP) is 0.258. The van der Waals surface area contributed by atoms with Gasteiger partial charge in [0.1, 0.15) is 5.82 Å². The van der Waals surface area contributed by atoms with Gasteiger partial charge in [0.05, 0.1) is 6.54 Å². The van der Waals surface area contributed by atoms with Crippen molar-refractivity contribution >= 4 is 11.7 Å². The van der Waals surface area contributed by atoms with Crippen LogP contribution in [0, 0.1) is 6.92 Å². The Kier molecular flexibility index (Phi) is 4.15. The molecule has 1 saturated heterocycles. The maximum Gasteiger partial charge on any atom is 0.242 e. The van der Waals surface area contributed by atoms with Crippen LogP contribution in [0.15, 0.2) is 18.3 Å². The van der Waals surface area contributed by atoms with Crippen LogP contribution in [0.5, 0.6) is 0 Å². The van der Waals surface area contributed by atoms with Crippen LogP contribution in [0.1, 0.15) is 5.56 Å². The highest BCUT2D eigenvalue weighted by Gasteiger charge is 2.18. The number of hydrogen-bond acceptors (Lipinski definition) is 4. The molecule has 0 unspecified atom stereocenters. The van der Waals surface area contributed by atoms with E-state index in [4.69, 9.17) is 0 Å². The Hall–Kier alpha value is -1.62. The summed E-state index contributed by atoms with van der Waals surface area (Å²) in [4.78, 5) is 20.3. The second-order valence-electron chi connectivity index (χ2n) is 4.63. The minimum atomic E-state index is 0.170. The van der Waals surface area contributed by atoms with Crippen molar-refractivity contribution in [3.05, 3.63) is 23.9 Å². The first-order chi connectivity index (χ1) is 8.68. The van der Waals surface area contributed by atoms with Crippen LogP contribution in [0.4, 0.5) is 5.82 Å². The number of likely N-dealkylation sites (N-methyl/N-ethyl adjacent to an activating group) is 1. The zero-order valence-electron chi connectivity index (χ0n) is 11.0. The van der Waals surface area contributed by atoms with Gasteiger partial charge in [-0.2, -0.15) is 0 Å². The number of anilines is 1. The maximum absolute atomic E-state index is 12.1.